The summed E-state index contributed by atoms with van der Waals surface area (Å²) in [5, 5.41) is 3.50. The minimum Gasteiger partial charge on any atom is -0.478 e. The molecule has 0 aliphatic heterocycles. The molecule has 0 aliphatic rings. The predicted octanol–water partition coefficient (Wildman–Crippen LogP) is 2.52. The van der Waals surface area contributed by atoms with Crippen LogP contribution in [0.25, 0.3) is 10.9 Å². The number of rotatable bonds is 7. The number of carbonyl (C=O) groups excluding carboxylic acids is 1. The van der Waals surface area contributed by atoms with Crippen LogP contribution in [-0.4, -0.2) is 31.6 Å². The summed E-state index contributed by atoms with van der Waals surface area (Å²) in [5.74, 6) is 0.0190. The van der Waals surface area contributed by atoms with Gasteiger partial charge in [0.15, 0.2) is 0 Å². The first-order valence-corrected chi connectivity index (χ1v) is 10.9. The molecule has 1 amide bonds. The van der Waals surface area contributed by atoms with Gasteiger partial charge in [0.2, 0.25) is 5.88 Å². The Kier molecular flexibility index (Phi) is 6.74. The lowest BCUT2D eigenvalue weighted by molar-refractivity contribution is 0.0946. The zero-order chi connectivity index (χ0) is 24.2. The number of benzene rings is 1. The second-order valence-electron chi connectivity index (χ2n) is 7.57. The van der Waals surface area contributed by atoms with Crippen molar-refractivity contribution in [1.29, 1.82) is 0 Å². The third-order valence-corrected chi connectivity index (χ3v) is 5.48. The molecule has 4 rings (SSSR count). The smallest absolute Gasteiger partial charge is 0.331 e. The van der Waals surface area contributed by atoms with Crippen LogP contribution in [0.1, 0.15) is 28.5 Å². The molecule has 4 aromatic rings. The lowest BCUT2D eigenvalue weighted by Crippen LogP contribution is -2.39. The van der Waals surface area contributed by atoms with Gasteiger partial charge in [-0.05, 0) is 42.3 Å². The number of nitrogens with one attached hydrogen (secondary N) is 1. The van der Waals surface area contributed by atoms with E-state index in [0.717, 1.165) is 10.1 Å². The highest BCUT2D eigenvalue weighted by molar-refractivity contribution is 6.30. The third kappa shape index (κ3) is 4.84. The molecule has 3 aromatic heterocycles. The van der Waals surface area contributed by atoms with E-state index < -0.39 is 17.2 Å². The molecule has 0 atom stereocenters. The van der Waals surface area contributed by atoms with Gasteiger partial charge < -0.3 is 10.1 Å². The average molecular weight is 480 g/mol. The second-order valence-corrected chi connectivity index (χ2v) is 8.00. The van der Waals surface area contributed by atoms with E-state index in [1.54, 1.807) is 49.6 Å². The van der Waals surface area contributed by atoms with Gasteiger partial charge in [-0.1, -0.05) is 23.7 Å². The zero-order valence-electron chi connectivity index (χ0n) is 18.6. The Bertz CT molecular complexity index is 1500. The molecule has 0 radical (unpaired) electrons. The standard InChI is InChI=1S/C24H22ClN5O4/c1-3-34-21-10-15(7-8-26-21)12-28-22(31)19-11-18-20(13-27-19)29(2)24(33)30(23(18)32)14-16-5-4-6-17(25)9-16/h4-11,13H,3,12,14H2,1-2H3,(H,28,31). The molecular formula is C24H22ClN5O4. The molecule has 174 valence electrons. The summed E-state index contributed by atoms with van der Waals surface area (Å²) in [7, 11) is 1.55. The van der Waals surface area contributed by atoms with E-state index in [2.05, 4.69) is 15.3 Å². The Morgan fingerprint density at radius 3 is 2.71 bits per heavy atom. The maximum Gasteiger partial charge on any atom is 0.331 e. The molecule has 0 unspecified atom stereocenters. The SMILES string of the molecule is CCOc1cc(CNC(=O)c2cc3c(=O)n(Cc4cccc(Cl)c4)c(=O)n(C)c3cn2)ccn1. The van der Waals surface area contributed by atoms with E-state index in [-0.39, 0.29) is 24.2 Å². The number of pyridine rings is 2. The van der Waals surface area contributed by atoms with Crippen molar-refractivity contribution in [3.63, 3.8) is 0 Å². The number of aryl methyl sites for hydroxylation is 1. The van der Waals surface area contributed by atoms with Gasteiger partial charge in [-0.3, -0.25) is 18.7 Å². The van der Waals surface area contributed by atoms with Gasteiger partial charge in [0.1, 0.15) is 5.69 Å². The molecule has 1 aromatic carbocycles. The Morgan fingerprint density at radius 2 is 1.94 bits per heavy atom. The van der Waals surface area contributed by atoms with E-state index >= 15 is 0 Å². The minimum absolute atomic E-state index is 0.0517. The number of ether oxygens (including phenoxy) is 1. The molecule has 1 N–H and O–H groups in total. The van der Waals surface area contributed by atoms with E-state index in [9.17, 15) is 14.4 Å². The van der Waals surface area contributed by atoms with Crippen LogP contribution in [0.15, 0.2) is 64.4 Å². The van der Waals surface area contributed by atoms with Gasteiger partial charge in [0.25, 0.3) is 11.5 Å². The Hall–Kier alpha value is -3.98. The minimum atomic E-state index is -0.509. The van der Waals surface area contributed by atoms with Crippen LogP contribution in [-0.2, 0) is 20.1 Å². The fraction of sp³-hybridized carbons (Fsp3) is 0.208. The van der Waals surface area contributed by atoms with E-state index in [0.29, 0.717) is 28.6 Å². The maximum atomic E-state index is 13.2. The molecule has 3 heterocycles. The largest absolute Gasteiger partial charge is 0.478 e. The zero-order valence-corrected chi connectivity index (χ0v) is 19.4. The molecule has 0 saturated carbocycles. The monoisotopic (exact) mass is 479 g/mol. The van der Waals surface area contributed by atoms with E-state index in [4.69, 9.17) is 16.3 Å². The van der Waals surface area contributed by atoms with Gasteiger partial charge in [-0.15, -0.1) is 0 Å². The fourth-order valence-corrected chi connectivity index (χ4v) is 3.76. The summed E-state index contributed by atoms with van der Waals surface area (Å²) < 4.78 is 7.82. The number of hydrogen-bond acceptors (Lipinski definition) is 6. The summed E-state index contributed by atoms with van der Waals surface area (Å²) in [5.41, 5.74) is 0.922. The topological polar surface area (TPSA) is 108 Å². The first-order valence-electron chi connectivity index (χ1n) is 10.6. The van der Waals surface area contributed by atoms with E-state index in [1.165, 1.54) is 16.8 Å². The van der Waals surface area contributed by atoms with Crippen LogP contribution in [0.2, 0.25) is 5.02 Å². The summed E-state index contributed by atoms with van der Waals surface area (Å²) in [6.45, 7) is 2.63. The summed E-state index contributed by atoms with van der Waals surface area (Å²) in [4.78, 5) is 47.0. The van der Waals surface area contributed by atoms with Crippen molar-refractivity contribution in [2.75, 3.05) is 6.61 Å². The quantitative estimate of drug-likeness (QED) is 0.436. The Balaban J connectivity index is 1.63. The Labute approximate surface area is 199 Å². The number of nitrogens with zero attached hydrogens (tertiary/aromatic N) is 4. The van der Waals surface area contributed by atoms with Crippen LogP contribution in [0.5, 0.6) is 5.88 Å². The lowest BCUT2D eigenvalue weighted by Gasteiger charge is -2.12. The average Bonchev–Trinajstić information content (AvgIpc) is 2.84. The van der Waals surface area contributed by atoms with Crippen molar-refractivity contribution in [2.45, 2.75) is 20.0 Å². The maximum absolute atomic E-state index is 13.2. The number of aromatic nitrogens is 4. The number of carbonyl (C=O) groups is 1. The van der Waals surface area contributed by atoms with Crippen LogP contribution in [0.4, 0.5) is 0 Å². The number of hydrogen-bond donors (Lipinski definition) is 1. The van der Waals surface area contributed by atoms with Crippen molar-refractivity contribution in [3.8, 4) is 5.88 Å². The highest BCUT2D eigenvalue weighted by Gasteiger charge is 2.15. The molecule has 10 heteroatoms. The highest BCUT2D eigenvalue weighted by Crippen LogP contribution is 2.13. The van der Waals surface area contributed by atoms with Crippen LogP contribution >= 0.6 is 11.6 Å². The fourth-order valence-electron chi connectivity index (χ4n) is 3.54. The molecule has 0 aliphatic carbocycles. The highest BCUT2D eigenvalue weighted by atomic mass is 35.5. The van der Waals surface area contributed by atoms with Crippen LogP contribution in [0, 0.1) is 0 Å². The first kappa shape index (κ1) is 23.2. The van der Waals surface area contributed by atoms with Gasteiger partial charge >= 0.3 is 5.69 Å². The lowest BCUT2D eigenvalue weighted by atomic mass is 10.2. The molecule has 0 fully saturated rings. The molecule has 0 spiro atoms. The molecule has 0 bridgehead atoms. The van der Waals surface area contributed by atoms with Gasteiger partial charge in [-0.2, -0.15) is 0 Å². The van der Waals surface area contributed by atoms with Crippen LogP contribution in [0.3, 0.4) is 0 Å². The van der Waals surface area contributed by atoms with Crippen molar-refractivity contribution in [3.05, 3.63) is 97.5 Å². The van der Waals surface area contributed by atoms with Crippen molar-refractivity contribution in [1.82, 2.24) is 24.4 Å². The number of fused-ring (bicyclic) bond motifs is 1. The molecule has 0 saturated heterocycles. The third-order valence-electron chi connectivity index (χ3n) is 5.24. The Morgan fingerprint density at radius 1 is 1.12 bits per heavy atom. The summed E-state index contributed by atoms with van der Waals surface area (Å²) in [6.07, 6.45) is 2.96. The number of halogens is 1. The van der Waals surface area contributed by atoms with Crippen molar-refractivity contribution >= 4 is 28.4 Å². The summed E-state index contributed by atoms with van der Waals surface area (Å²) in [6, 6.07) is 11.8. The predicted molar refractivity (Wildman–Crippen MR) is 128 cm³/mol. The molecule has 34 heavy (non-hydrogen) atoms. The summed E-state index contributed by atoms with van der Waals surface area (Å²) >= 11 is 6.04. The first-order chi connectivity index (χ1) is 16.4. The van der Waals surface area contributed by atoms with Gasteiger partial charge in [-0.25, -0.2) is 14.8 Å². The number of amides is 1. The van der Waals surface area contributed by atoms with Crippen molar-refractivity contribution < 1.29 is 9.53 Å². The molecule has 9 nitrogen and oxygen atoms in total. The normalized spacial score (nSPS) is 10.9. The van der Waals surface area contributed by atoms with E-state index in [1.807, 2.05) is 6.92 Å². The van der Waals surface area contributed by atoms with Crippen molar-refractivity contribution in [2.24, 2.45) is 7.05 Å². The molecular weight excluding hydrogens is 458 g/mol. The van der Waals surface area contributed by atoms with Crippen LogP contribution < -0.4 is 21.3 Å². The second kappa shape index (κ2) is 9.88. The van der Waals surface area contributed by atoms with Gasteiger partial charge in [0, 0.05) is 30.9 Å². The van der Waals surface area contributed by atoms with Gasteiger partial charge in [0.05, 0.1) is 30.3 Å².